The van der Waals surface area contributed by atoms with Gasteiger partial charge in [-0.15, -0.1) is 11.8 Å². The summed E-state index contributed by atoms with van der Waals surface area (Å²) < 4.78 is 6.14. The van der Waals surface area contributed by atoms with Gasteiger partial charge in [-0.05, 0) is 48.9 Å². The van der Waals surface area contributed by atoms with E-state index < -0.39 is 5.60 Å². The Morgan fingerprint density at radius 2 is 2.10 bits per heavy atom. The predicted molar refractivity (Wildman–Crippen MR) is 84.7 cm³/mol. The summed E-state index contributed by atoms with van der Waals surface area (Å²) in [6.45, 7) is 12.0. The summed E-state index contributed by atoms with van der Waals surface area (Å²) >= 11 is 1.93. The molecule has 2 bridgehead atoms. The molecule has 116 valence electrons. The molecule has 0 radical (unpaired) electrons. The van der Waals surface area contributed by atoms with Crippen molar-refractivity contribution in [2.24, 2.45) is 29.1 Å². The fourth-order valence-corrected chi connectivity index (χ4v) is 6.42. The Balaban J connectivity index is 1.69. The zero-order valence-corrected chi connectivity index (χ0v) is 14.4. The zero-order chi connectivity index (χ0) is 14.7. The van der Waals surface area contributed by atoms with Crippen LogP contribution in [0.25, 0.3) is 0 Å². The molecular weight excluding hydrogens is 268 g/mol. The number of thioether (sulfide) groups is 1. The SMILES string of the molecule is CC[C@H](C)[C@@](C)(O)[C@@H]1OC[C@@H]2[C@H](C[C@H]3C[C@@H]2C3(C)C)S1. The summed E-state index contributed by atoms with van der Waals surface area (Å²) in [5.74, 6) is 2.73. The number of ether oxygens (including phenoxy) is 1. The van der Waals surface area contributed by atoms with Crippen molar-refractivity contribution in [1.82, 2.24) is 0 Å². The van der Waals surface area contributed by atoms with Gasteiger partial charge in [0, 0.05) is 5.25 Å². The van der Waals surface area contributed by atoms with E-state index in [1.54, 1.807) is 0 Å². The maximum Gasteiger partial charge on any atom is 0.132 e. The van der Waals surface area contributed by atoms with Crippen LogP contribution in [0.3, 0.4) is 0 Å². The van der Waals surface area contributed by atoms with E-state index in [-0.39, 0.29) is 11.4 Å². The molecule has 3 heteroatoms. The van der Waals surface area contributed by atoms with Crippen molar-refractivity contribution in [1.29, 1.82) is 0 Å². The maximum atomic E-state index is 10.8. The third-order valence-corrected chi connectivity index (χ3v) is 8.64. The normalized spacial score (nSPS) is 46.8. The summed E-state index contributed by atoms with van der Waals surface area (Å²) in [4.78, 5) is 0. The average molecular weight is 298 g/mol. The van der Waals surface area contributed by atoms with Gasteiger partial charge in [-0.1, -0.05) is 34.1 Å². The van der Waals surface area contributed by atoms with Crippen LogP contribution >= 0.6 is 11.8 Å². The van der Waals surface area contributed by atoms with Crippen molar-refractivity contribution in [2.45, 2.75) is 70.2 Å². The Hall–Kier alpha value is 0.270. The first-order valence-electron chi connectivity index (χ1n) is 8.27. The Labute approximate surface area is 128 Å². The monoisotopic (exact) mass is 298 g/mol. The molecule has 2 nitrogen and oxygen atoms in total. The van der Waals surface area contributed by atoms with Crippen molar-refractivity contribution >= 4 is 11.8 Å². The summed E-state index contributed by atoms with van der Waals surface area (Å²) in [6.07, 6.45) is 3.74. The highest BCUT2D eigenvalue weighted by Crippen LogP contribution is 2.65. The van der Waals surface area contributed by atoms with Crippen LogP contribution in [-0.2, 0) is 4.74 Å². The second-order valence-electron chi connectivity index (χ2n) is 8.13. The minimum atomic E-state index is -0.707. The van der Waals surface area contributed by atoms with Gasteiger partial charge in [-0.3, -0.25) is 0 Å². The van der Waals surface area contributed by atoms with Crippen LogP contribution < -0.4 is 0 Å². The van der Waals surface area contributed by atoms with Crippen LogP contribution in [0.1, 0.15) is 53.9 Å². The van der Waals surface area contributed by atoms with E-state index in [0.29, 0.717) is 16.6 Å². The molecule has 0 aromatic carbocycles. The van der Waals surface area contributed by atoms with Crippen LogP contribution in [0, 0.1) is 29.1 Å². The molecule has 0 amide bonds. The van der Waals surface area contributed by atoms with E-state index in [1.165, 1.54) is 12.8 Å². The van der Waals surface area contributed by atoms with Gasteiger partial charge in [0.1, 0.15) is 5.44 Å². The fraction of sp³-hybridized carbons (Fsp3) is 1.00. The van der Waals surface area contributed by atoms with Crippen molar-refractivity contribution in [3.63, 3.8) is 0 Å². The predicted octanol–water partition coefficient (Wildman–Crippen LogP) is 3.92. The third kappa shape index (κ3) is 2.07. The van der Waals surface area contributed by atoms with Gasteiger partial charge < -0.3 is 9.84 Å². The molecule has 1 aliphatic heterocycles. The van der Waals surface area contributed by atoms with E-state index >= 15 is 0 Å². The number of hydrogen-bond donors (Lipinski definition) is 1. The second kappa shape index (κ2) is 4.89. The van der Waals surface area contributed by atoms with Gasteiger partial charge in [0.25, 0.3) is 0 Å². The lowest BCUT2D eigenvalue weighted by Gasteiger charge is -2.64. The minimum absolute atomic E-state index is 0.0423. The Bertz CT molecular complexity index is 379. The lowest BCUT2D eigenvalue weighted by molar-refractivity contribution is -0.152. The second-order valence-corrected chi connectivity index (χ2v) is 9.44. The summed E-state index contributed by atoms with van der Waals surface area (Å²) in [6, 6.07) is 0. The van der Waals surface area contributed by atoms with Crippen LogP contribution in [0.2, 0.25) is 0 Å². The standard InChI is InChI=1S/C17H30O2S/c1-6-10(2)17(5,18)15-19-9-12-13-7-11(16(13,3)4)8-14(12)20-15/h10-15,18H,6-9H2,1-5H3/t10-,11+,12-,13-,14-,15+,17+/m0/s1. The van der Waals surface area contributed by atoms with Crippen LogP contribution in [-0.4, -0.2) is 28.0 Å². The Morgan fingerprint density at radius 1 is 1.40 bits per heavy atom. The third-order valence-electron chi connectivity index (χ3n) is 6.88. The highest BCUT2D eigenvalue weighted by atomic mass is 32.2. The summed E-state index contributed by atoms with van der Waals surface area (Å²) in [7, 11) is 0. The van der Waals surface area contributed by atoms with E-state index in [1.807, 2.05) is 18.7 Å². The molecule has 1 N–H and O–H groups in total. The quantitative estimate of drug-likeness (QED) is 0.856. The van der Waals surface area contributed by atoms with Gasteiger partial charge in [0.2, 0.25) is 0 Å². The van der Waals surface area contributed by atoms with E-state index in [4.69, 9.17) is 4.74 Å². The lowest BCUT2D eigenvalue weighted by atomic mass is 9.45. The molecule has 20 heavy (non-hydrogen) atoms. The van der Waals surface area contributed by atoms with Crippen LogP contribution in [0.15, 0.2) is 0 Å². The first kappa shape index (κ1) is 15.2. The van der Waals surface area contributed by atoms with Crippen LogP contribution in [0.5, 0.6) is 0 Å². The van der Waals surface area contributed by atoms with Gasteiger partial charge in [0.15, 0.2) is 0 Å². The van der Waals surface area contributed by atoms with Gasteiger partial charge in [0.05, 0.1) is 12.2 Å². The van der Waals surface area contributed by atoms with E-state index in [9.17, 15) is 5.11 Å². The Kier molecular flexibility index (Phi) is 3.71. The van der Waals surface area contributed by atoms with Crippen molar-refractivity contribution in [3.8, 4) is 0 Å². The molecule has 0 unspecified atom stereocenters. The van der Waals surface area contributed by atoms with Gasteiger partial charge in [-0.25, -0.2) is 0 Å². The molecule has 4 fully saturated rings. The fourth-order valence-electron chi connectivity index (χ4n) is 4.63. The molecule has 0 aromatic rings. The summed E-state index contributed by atoms with van der Waals surface area (Å²) in [5.41, 5.74) is -0.224. The van der Waals surface area contributed by atoms with Gasteiger partial charge in [-0.2, -0.15) is 0 Å². The topological polar surface area (TPSA) is 29.5 Å². The first-order valence-corrected chi connectivity index (χ1v) is 9.22. The highest BCUT2D eigenvalue weighted by molar-refractivity contribution is 8.00. The van der Waals surface area contributed by atoms with Crippen molar-refractivity contribution in [3.05, 3.63) is 0 Å². The van der Waals surface area contributed by atoms with E-state index in [0.717, 1.165) is 24.9 Å². The molecule has 3 saturated carbocycles. The molecule has 4 aliphatic rings. The van der Waals surface area contributed by atoms with Crippen molar-refractivity contribution < 1.29 is 9.84 Å². The highest BCUT2D eigenvalue weighted by Gasteiger charge is 2.60. The maximum absolute atomic E-state index is 10.8. The number of aliphatic hydroxyl groups is 1. The lowest BCUT2D eigenvalue weighted by Crippen LogP contribution is -2.61. The molecule has 4 rings (SSSR count). The van der Waals surface area contributed by atoms with Gasteiger partial charge >= 0.3 is 0 Å². The zero-order valence-electron chi connectivity index (χ0n) is 13.6. The minimum Gasteiger partial charge on any atom is -0.386 e. The largest absolute Gasteiger partial charge is 0.386 e. The Morgan fingerprint density at radius 3 is 2.70 bits per heavy atom. The van der Waals surface area contributed by atoms with E-state index in [2.05, 4.69) is 27.7 Å². The molecule has 0 aromatic heterocycles. The first-order chi connectivity index (χ1) is 9.28. The number of hydrogen-bond acceptors (Lipinski definition) is 3. The average Bonchev–Trinajstić information content (AvgIpc) is 2.44. The summed E-state index contributed by atoms with van der Waals surface area (Å²) in [5, 5.41) is 11.5. The number of rotatable bonds is 3. The molecule has 0 spiro atoms. The molecule has 1 heterocycles. The van der Waals surface area contributed by atoms with Crippen LogP contribution in [0.4, 0.5) is 0 Å². The molecule has 7 atom stereocenters. The smallest absolute Gasteiger partial charge is 0.132 e. The molecule has 3 aliphatic carbocycles. The molecule has 1 saturated heterocycles. The molecular formula is C17H30O2S. The van der Waals surface area contributed by atoms with Crippen molar-refractivity contribution in [2.75, 3.05) is 6.61 Å².